The highest BCUT2D eigenvalue weighted by Crippen LogP contribution is 2.35. The van der Waals surface area contributed by atoms with Crippen molar-refractivity contribution in [2.45, 2.75) is 19.5 Å². The first kappa shape index (κ1) is 15.9. The fourth-order valence-electron chi connectivity index (χ4n) is 3.53. The molecule has 2 heterocycles. The summed E-state index contributed by atoms with van der Waals surface area (Å²) in [5, 5.41) is 12.9. The fourth-order valence-corrected chi connectivity index (χ4v) is 3.53. The lowest BCUT2D eigenvalue weighted by molar-refractivity contribution is -0.117. The molecule has 134 valence electrons. The molecule has 2 N–H and O–H groups in total. The van der Waals surface area contributed by atoms with E-state index in [0.717, 1.165) is 32.8 Å². The summed E-state index contributed by atoms with van der Waals surface area (Å²) in [7, 11) is 0. The lowest BCUT2D eigenvalue weighted by Crippen LogP contribution is -2.15. The second kappa shape index (κ2) is 5.87. The number of aromatic amines is 1. The van der Waals surface area contributed by atoms with Crippen molar-refractivity contribution in [3.05, 3.63) is 54.4 Å². The standard InChI is InChI=1S/C21H17FN4O/c1-11-2-5-18-16(10-24-26-18)20(11)13-4-3-12-7-19(23-9-14(12)6-13)25-21(27)15-8-17(15)22/h2-7,9-10,15,17H,8H2,1H3,(H,24,26)(H,23,25,27)/t15-,17+/m1/s1. The largest absolute Gasteiger partial charge is 0.310 e. The summed E-state index contributed by atoms with van der Waals surface area (Å²) in [5.41, 5.74) is 4.40. The van der Waals surface area contributed by atoms with Crippen molar-refractivity contribution in [2.75, 3.05) is 5.32 Å². The van der Waals surface area contributed by atoms with Crippen LogP contribution in [0.4, 0.5) is 10.2 Å². The Morgan fingerprint density at radius 1 is 1.19 bits per heavy atom. The third kappa shape index (κ3) is 2.73. The number of alkyl halides is 1. The molecule has 0 spiro atoms. The Morgan fingerprint density at radius 2 is 2.04 bits per heavy atom. The summed E-state index contributed by atoms with van der Waals surface area (Å²) in [4.78, 5) is 16.2. The molecule has 1 aliphatic carbocycles. The number of amides is 1. The number of benzene rings is 2. The van der Waals surface area contributed by atoms with Gasteiger partial charge in [-0.1, -0.05) is 18.2 Å². The predicted octanol–water partition coefficient (Wildman–Crippen LogP) is 4.38. The number of anilines is 1. The zero-order valence-electron chi connectivity index (χ0n) is 14.7. The van der Waals surface area contributed by atoms with Gasteiger partial charge in [-0.2, -0.15) is 5.10 Å². The van der Waals surface area contributed by atoms with Crippen LogP contribution >= 0.6 is 0 Å². The molecule has 1 amide bonds. The van der Waals surface area contributed by atoms with Crippen LogP contribution in [0.5, 0.6) is 0 Å². The first-order chi connectivity index (χ1) is 13.1. The Hall–Kier alpha value is -3.28. The van der Waals surface area contributed by atoms with Crippen LogP contribution < -0.4 is 5.32 Å². The quantitative estimate of drug-likeness (QED) is 0.569. The lowest BCUT2D eigenvalue weighted by atomic mass is 9.95. The van der Waals surface area contributed by atoms with E-state index in [1.54, 1.807) is 6.20 Å². The van der Waals surface area contributed by atoms with E-state index < -0.39 is 12.1 Å². The summed E-state index contributed by atoms with van der Waals surface area (Å²) in [6.07, 6.45) is 2.87. The van der Waals surface area contributed by atoms with Gasteiger partial charge >= 0.3 is 0 Å². The molecule has 4 aromatic rings. The molecule has 1 aliphatic rings. The number of pyridine rings is 1. The van der Waals surface area contributed by atoms with Crippen LogP contribution in [0.1, 0.15) is 12.0 Å². The molecule has 5 rings (SSSR count). The van der Waals surface area contributed by atoms with E-state index in [1.165, 1.54) is 5.56 Å². The van der Waals surface area contributed by atoms with E-state index in [4.69, 9.17) is 0 Å². The molecular formula is C21H17FN4O. The van der Waals surface area contributed by atoms with Gasteiger partial charge in [0, 0.05) is 17.0 Å². The molecule has 6 heteroatoms. The van der Waals surface area contributed by atoms with Gasteiger partial charge in [0.1, 0.15) is 12.0 Å². The van der Waals surface area contributed by atoms with Crippen LogP contribution in [0.2, 0.25) is 0 Å². The number of carbonyl (C=O) groups excluding carboxylic acids is 1. The molecule has 1 saturated carbocycles. The molecule has 0 unspecified atom stereocenters. The number of rotatable bonds is 3. The molecular weight excluding hydrogens is 343 g/mol. The predicted molar refractivity (Wildman–Crippen MR) is 103 cm³/mol. The molecule has 27 heavy (non-hydrogen) atoms. The van der Waals surface area contributed by atoms with Crippen molar-refractivity contribution >= 4 is 33.4 Å². The monoisotopic (exact) mass is 360 g/mol. The van der Waals surface area contributed by atoms with Crippen molar-refractivity contribution in [1.29, 1.82) is 0 Å². The highest BCUT2D eigenvalue weighted by atomic mass is 19.1. The maximum absolute atomic E-state index is 13.0. The Morgan fingerprint density at radius 3 is 2.85 bits per heavy atom. The molecule has 0 aliphatic heterocycles. The van der Waals surface area contributed by atoms with Crippen molar-refractivity contribution in [1.82, 2.24) is 15.2 Å². The number of halogens is 1. The first-order valence-corrected chi connectivity index (χ1v) is 8.88. The Balaban J connectivity index is 1.52. The Labute approximate surface area is 154 Å². The van der Waals surface area contributed by atoms with E-state index in [-0.39, 0.29) is 5.91 Å². The summed E-state index contributed by atoms with van der Waals surface area (Å²) in [6.45, 7) is 2.08. The third-order valence-corrected chi connectivity index (χ3v) is 5.14. The minimum Gasteiger partial charge on any atom is -0.310 e. The van der Waals surface area contributed by atoms with Crippen molar-refractivity contribution in [2.24, 2.45) is 5.92 Å². The zero-order chi connectivity index (χ0) is 18.5. The highest BCUT2D eigenvalue weighted by Gasteiger charge is 2.43. The van der Waals surface area contributed by atoms with Gasteiger partial charge in [-0.25, -0.2) is 9.37 Å². The Kier molecular flexibility index (Phi) is 3.47. The highest BCUT2D eigenvalue weighted by molar-refractivity contribution is 6.00. The van der Waals surface area contributed by atoms with E-state index in [1.807, 2.05) is 24.4 Å². The van der Waals surface area contributed by atoms with Gasteiger partial charge in [0.2, 0.25) is 5.91 Å². The third-order valence-electron chi connectivity index (χ3n) is 5.14. The van der Waals surface area contributed by atoms with Crippen LogP contribution in [0.15, 0.2) is 48.8 Å². The molecule has 0 bridgehead atoms. The van der Waals surface area contributed by atoms with Gasteiger partial charge in [0.15, 0.2) is 0 Å². The van der Waals surface area contributed by atoms with Crippen molar-refractivity contribution < 1.29 is 9.18 Å². The molecule has 0 saturated heterocycles. The smallest absolute Gasteiger partial charge is 0.231 e. The number of aryl methyl sites for hydroxylation is 1. The van der Waals surface area contributed by atoms with Crippen molar-refractivity contribution in [3.63, 3.8) is 0 Å². The summed E-state index contributed by atoms with van der Waals surface area (Å²) >= 11 is 0. The topological polar surface area (TPSA) is 70.7 Å². The molecule has 5 nitrogen and oxygen atoms in total. The number of nitrogens with one attached hydrogen (secondary N) is 2. The second-order valence-corrected chi connectivity index (χ2v) is 7.07. The average molecular weight is 360 g/mol. The maximum atomic E-state index is 13.0. The van der Waals surface area contributed by atoms with Crippen LogP contribution in [-0.4, -0.2) is 27.3 Å². The van der Waals surface area contributed by atoms with Gasteiger partial charge in [-0.3, -0.25) is 9.89 Å². The number of aromatic nitrogens is 3. The van der Waals surface area contributed by atoms with Gasteiger partial charge in [0.25, 0.3) is 0 Å². The van der Waals surface area contributed by atoms with Crippen LogP contribution in [-0.2, 0) is 4.79 Å². The van der Waals surface area contributed by atoms with Gasteiger partial charge in [0.05, 0.1) is 17.6 Å². The van der Waals surface area contributed by atoms with Crippen molar-refractivity contribution in [3.8, 4) is 11.1 Å². The number of carbonyl (C=O) groups is 1. The number of H-pyrrole nitrogens is 1. The first-order valence-electron chi connectivity index (χ1n) is 8.88. The van der Waals surface area contributed by atoms with Crippen LogP contribution in [0.3, 0.4) is 0 Å². The number of fused-ring (bicyclic) bond motifs is 2. The zero-order valence-corrected chi connectivity index (χ0v) is 14.7. The van der Waals surface area contributed by atoms with E-state index >= 15 is 0 Å². The van der Waals surface area contributed by atoms with Gasteiger partial charge < -0.3 is 5.32 Å². The molecule has 2 atom stereocenters. The molecule has 1 fully saturated rings. The fraction of sp³-hybridized carbons (Fsp3) is 0.190. The summed E-state index contributed by atoms with van der Waals surface area (Å²) in [5.74, 6) is -0.371. The maximum Gasteiger partial charge on any atom is 0.231 e. The van der Waals surface area contributed by atoms with Crippen LogP contribution in [0.25, 0.3) is 32.8 Å². The molecule has 0 radical (unpaired) electrons. The minimum atomic E-state index is -1.01. The summed E-state index contributed by atoms with van der Waals surface area (Å²) in [6, 6.07) is 12.1. The second-order valence-electron chi connectivity index (χ2n) is 7.07. The molecule has 2 aromatic carbocycles. The number of hydrogen-bond donors (Lipinski definition) is 2. The molecule has 2 aromatic heterocycles. The van der Waals surface area contributed by atoms with Gasteiger partial charge in [-0.15, -0.1) is 0 Å². The van der Waals surface area contributed by atoms with Gasteiger partial charge in [-0.05, 0) is 53.6 Å². The lowest BCUT2D eigenvalue weighted by Gasteiger charge is -2.10. The average Bonchev–Trinajstić information content (AvgIpc) is 3.21. The van der Waals surface area contributed by atoms with E-state index in [0.29, 0.717) is 12.2 Å². The minimum absolute atomic E-state index is 0.298. The Bertz CT molecular complexity index is 1200. The number of nitrogens with zero attached hydrogens (tertiary/aromatic N) is 2. The van der Waals surface area contributed by atoms with Crippen LogP contribution in [0, 0.1) is 12.8 Å². The summed E-state index contributed by atoms with van der Waals surface area (Å²) < 4.78 is 13.0. The van der Waals surface area contributed by atoms with E-state index in [2.05, 4.69) is 45.6 Å². The SMILES string of the molecule is Cc1ccc2[nH]ncc2c1-c1ccc2cc(NC(=O)[C@@H]3C[C@@H]3F)ncc2c1. The normalized spacial score (nSPS) is 18.7. The van der Waals surface area contributed by atoms with E-state index in [9.17, 15) is 9.18 Å². The number of hydrogen-bond acceptors (Lipinski definition) is 3.